The number of hydrogen-bond donors (Lipinski definition) is 1. The molecule has 0 spiro atoms. The average molecular weight is 509 g/mol. The summed E-state index contributed by atoms with van der Waals surface area (Å²) in [7, 11) is 0. The summed E-state index contributed by atoms with van der Waals surface area (Å²) in [5, 5.41) is 3.99. The zero-order valence-corrected chi connectivity index (χ0v) is 19.2. The largest absolute Gasteiger partial charge is 0.459 e. The summed E-state index contributed by atoms with van der Waals surface area (Å²) in [6.45, 7) is 0.552. The number of nitrogens with one attached hydrogen (secondary N) is 1. The lowest BCUT2D eigenvalue weighted by Crippen LogP contribution is -2.29. The van der Waals surface area contributed by atoms with E-state index in [0.717, 1.165) is 11.3 Å². The zero-order chi connectivity index (χ0) is 22.1. The van der Waals surface area contributed by atoms with E-state index < -0.39 is 0 Å². The van der Waals surface area contributed by atoms with Crippen LogP contribution in [0.1, 0.15) is 29.1 Å². The van der Waals surface area contributed by atoms with Crippen LogP contribution in [0.5, 0.6) is 0 Å². The SMILES string of the molecule is Fc1cc(Br)ccc1-c1ccc([C@@H]2[C@H](c3ccccn3)NC(=S)N2Cc2cccnc2)o1. The molecule has 0 bridgehead atoms. The van der Waals surface area contributed by atoms with E-state index in [-0.39, 0.29) is 17.9 Å². The van der Waals surface area contributed by atoms with Gasteiger partial charge in [0.2, 0.25) is 0 Å². The minimum absolute atomic E-state index is 0.214. The molecule has 0 saturated carbocycles. The molecule has 3 aromatic heterocycles. The lowest BCUT2D eigenvalue weighted by molar-refractivity contribution is 0.268. The third kappa shape index (κ3) is 4.03. The first-order chi connectivity index (χ1) is 15.6. The molecule has 0 radical (unpaired) electrons. The second-order valence-corrected chi connectivity index (χ2v) is 8.74. The number of halogens is 2. The van der Waals surface area contributed by atoms with Gasteiger partial charge in [0.15, 0.2) is 5.11 Å². The molecule has 8 heteroatoms. The van der Waals surface area contributed by atoms with Gasteiger partial charge < -0.3 is 14.6 Å². The molecule has 32 heavy (non-hydrogen) atoms. The van der Waals surface area contributed by atoms with Crippen molar-refractivity contribution in [1.29, 1.82) is 0 Å². The lowest BCUT2D eigenvalue weighted by Gasteiger charge is -2.26. The Bertz CT molecular complexity index is 1250. The van der Waals surface area contributed by atoms with Crippen molar-refractivity contribution in [2.45, 2.75) is 18.6 Å². The average Bonchev–Trinajstić information content (AvgIpc) is 3.40. The Kier molecular flexibility index (Phi) is 5.71. The Labute approximate surface area is 198 Å². The zero-order valence-electron chi connectivity index (χ0n) is 16.8. The maximum Gasteiger partial charge on any atom is 0.170 e. The van der Waals surface area contributed by atoms with Crippen LogP contribution < -0.4 is 5.32 Å². The van der Waals surface area contributed by atoms with Crippen LogP contribution in [0, 0.1) is 5.82 Å². The summed E-state index contributed by atoms with van der Waals surface area (Å²) in [6, 6.07) is 17.8. The highest BCUT2D eigenvalue weighted by molar-refractivity contribution is 9.10. The Balaban J connectivity index is 1.55. The number of thiocarbonyl (C=S) groups is 1. The van der Waals surface area contributed by atoms with Crippen LogP contribution in [-0.4, -0.2) is 20.0 Å². The molecule has 1 aliphatic rings. The lowest BCUT2D eigenvalue weighted by atomic mass is 10.0. The van der Waals surface area contributed by atoms with Gasteiger partial charge in [0.05, 0.1) is 17.3 Å². The van der Waals surface area contributed by atoms with E-state index in [1.807, 2.05) is 42.6 Å². The second-order valence-electron chi connectivity index (χ2n) is 7.44. The van der Waals surface area contributed by atoms with E-state index in [4.69, 9.17) is 16.6 Å². The third-order valence-electron chi connectivity index (χ3n) is 5.39. The summed E-state index contributed by atoms with van der Waals surface area (Å²) in [4.78, 5) is 10.8. The van der Waals surface area contributed by atoms with Crippen molar-refractivity contribution in [3.8, 4) is 11.3 Å². The van der Waals surface area contributed by atoms with E-state index in [1.165, 1.54) is 6.07 Å². The van der Waals surface area contributed by atoms with E-state index >= 15 is 0 Å². The maximum atomic E-state index is 14.5. The van der Waals surface area contributed by atoms with Crippen LogP contribution in [0.4, 0.5) is 4.39 Å². The monoisotopic (exact) mass is 508 g/mol. The number of aromatic nitrogens is 2. The van der Waals surface area contributed by atoms with Gasteiger partial charge >= 0.3 is 0 Å². The van der Waals surface area contributed by atoms with Crippen LogP contribution in [0.3, 0.4) is 0 Å². The first kappa shape index (κ1) is 20.8. The van der Waals surface area contributed by atoms with Crippen molar-refractivity contribution in [1.82, 2.24) is 20.2 Å². The van der Waals surface area contributed by atoms with Gasteiger partial charge in [0, 0.05) is 29.6 Å². The molecule has 1 aromatic carbocycles. The molecule has 0 amide bonds. The number of furan rings is 1. The molecule has 160 valence electrons. The van der Waals surface area contributed by atoms with E-state index in [2.05, 4.69) is 36.1 Å². The van der Waals surface area contributed by atoms with Gasteiger partial charge in [0.1, 0.15) is 23.4 Å². The summed E-state index contributed by atoms with van der Waals surface area (Å²) < 4.78 is 21.4. The van der Waals surface area contributed by atoms with Gasteiger partial charge in [-0.05, 0) is 66.3 Å². The quantitative estimate of drug-likeness (QED) is 0.343. The smallest absolute Gasteiger partial charge is 0.170 e. The van der Waals surface area contributed by atoms with Gasteiger partial charge in [-0.15, -0.1) is 0 Å². The highest BCUT2D eigenvalue weighted by Gasteiger charge is 2.41. The van der Waals surface area contributed by atoms with Crippen molar-refractivity contribution in [3.63, 3.8) is 0 Å². The molecule has 1 saturated heterocycles. The molecular formula is C24H18BrFN4OS. The fourth-order valence-corrected chi connectivity index (χ4v) is 4.56. The van der Waals surface area contributed by atoms with Gasteiger partial charge in [-0.25, -0.2) is 4.39 Å². The summed E-state index contributed by atoms with van der Waals surface area (Å²) >= 11 is 8.98. The normalized spacial score (nSPS) is 18.1. The van der Waals surface area contributed by atoms with Crippen molar-refractivity contribution in [2.24, 2.45) is 0 Å². The molecular weight excluding hydrogens is 491 g/mol. The van der Waals surface area contributed by atoms with Crippen LogP contribution in [0.15, 0.2) is 88.1 Å². The van der Waals surface area contributed by atoms with Gasteiger partial charge in [-0.3, -0.25) is 9.97 Å². The fraction of sp³-hybridized carbons (Fsp3) is 0.125. The molecule has 0 unspecified atom stereocenters. The molecule has 5 rings (SSSR count). The minimum atomic E-state index is -0.353. The van der Waals surface area contributed by atoms with Gasteiger partial charge in [-0.1, -0.05) is 28.1 Å². The summed E-state index contributed by atoms with van der Waals surface area (Å²) in [6.07, 6.45) is 5.31. The van der Waals surface area contributed by atoms with Crippen LogP contribution >= 0.6 is 28.1 Å². The van der Waals surface area contributed by atoms with Crippen LogP contribution in [-0.2, 0) is 6.54 Å². The van der Waals surface area contributed by atoms with Crippen LogP contribution in [0.2, 0.25) is 0 Å². The molecule has 2 atom stereocenters. The Morgan fingerprint density at radius 1 is 1.09 bits per heavy atom. The Morgan fingerprint density at radius 3 is 2.75 bits per heavy atom. The predicted molar refractivity (Wildman–Crippen MR) is 127 cm³/mol. The molecule has 4 aromatic rings. The topological polar surface area (TPSA) is 54.2 Å². The second kappa shape index (κ2) is 8.80. The van der Waals surface area contributed by atoms with Crippen molar-refractivity contribution in [2.75, 3.05) is 0 Å². The fourth-order valence-electron chi connectivity index (χ4n) is 3.92. The number of nitrogens with zero attached hydrogens (tertiary/aromatic N) is 3. The predicted octanol–water partition coefficient (Wildman–Crippen LogP) is 5.81. The molecule has 1 fully saturated rings. The Hall–Kier alpha value is -3.10. The molecule has 5 nitrogen and oxygen atoms in total. The minimum Gasteiger partial charge on any atom is -0.459 e. The standard InChI is InChI=1S/C24H18BrFN4OS/c25-16-6-7-17(18(26)12-16)20-8-9-21(31-20)23-22(19-5-1-2-11-28-19)29-24(32)30(23)14-15-4-3-10-27-13-15/h1-13,22-23H,14H2,(H,29,32)/t22-,23+/m0/s1. The first-order valence-electron chi connectivity index (χ1n) is 10.0. The highest BCUT2D eigenvalue weighted by atomic mass is 79.9. The number of benzene rings is 1. The van der Waals surface area contributed by atoms with Gasteiger partial charge in [0.25, 0.3) is 0 Å². The van der Waals surface area contributed by atoms with Crippen LogP contribution in [0.25, 0.3) is 11.3 Å². The van der Waals surface area contributed by atoms with Crippen molar-refractivity contribution < 1.29 is 8.81 Å². The van der Waals surface area contributed by atoms with E-state index in [9.17, 15) is 4.39 Å². The molecule has 1 N–H and O–H groups in total. The third-order valence-corrected chi connectivity index (χ3v) is 6.23. The van der Waals surface area contributed by atoms with Crippen molar-refractivity contribution >= 4 is 33.3 Å². The summed E-state index contributed by atoms with van der Waals surface area (Å²) in [5.41, 5.74) is 2.27. The van der Waals surface area contributed by atoms with Crippen molar-refractivity contribution in [3.05, 3.63) is 107 Å². The molecule has 1 aliphatic heterocycles. The number of pyridine rings is 2. The highest BCUT2D eigenvalue weighted by Crippen LogP contribution is 2.41. The molecule has 0 aliphatic carbocycles. The number of hydrogen-bond acceptors (Lipinski definition) is 4. The first-order valence-corrected chi connectivity index (χ1v) is 11.2. The van der Waals surface area contributed by atoms with E-state index in [0.29, 0.717) is 33.2 Å². The summed E-state index contributed by atoms with van der Waals surface area (Å²) in [5.74, 6) is 0.784. The van der Waals surface area contributed by atoms with Gasteiger partial charge in [-0.2, -0.15) is 0 Å². The Morgan fingerprint density at radius 2 is 2.00 bits per heavy atom. The maximum absolute atomic E-state index is 14.5. The number of rotatable bonds is 5. The van der Waals surface area contributed by atoms with E-state index in [1.54, 1.807) is 30.6 Å². The molecule has 4 heterocycles.